The van der Waals surface area contributed by atoms with E-state index >= 15 is 0 Å². The summed E-state index contributed by atoms with van der Waals surface area (Å²) >= 11 is 6.10. The van der Waals surface area contributed by atoms with E-state index in [1.807, 2.05) is 0 Å². The third kappa shape index (κ3) is 2.64. The summed E-state index contributed by atoms with van der Waals surface area (Å²) in [6.07, 6.45) is 2.37. The maximum absolute atomic E-state index is 6.10. The van der Waals surface area contributed by atoms with Crippen LogP contribution in [0.3, 0.4) is 0 Å². The summed E-state index contributed by atoms with van der Waals surface area (Å²) < 4.78 is 2.34. The molecule has 0 aliphatic heterocycles. The molecule has 0 fully saturated rings. The van der Waals surface area contributed by atoms with Gasteiger partial charge in [-0.25, -0.2) is 4.98 Å². The standard InChI is InChI=1S/C16H23ClN2/c1-5-13(6-2)12(4)19-15-9-11(3)7-8-14(15)18-16(19)10-17/h7-9,12-13H,5-6,10H2,1-4H3. The van der Waals surface area contributed by atoms with Gasteiger partial charge in [-0.15, -0.1) is 11.6 Å². The van der Waals surface area contributed by atoms with Crippen LogP contribution in [0.2, 0.25) is 0 Å². The quantitative estimate of drug-likeness (QED) is 0.697. The van der Waals surface area contributed by atoms with Crippen LogP contribution in [0.15, 0.2) is 18.2 Å². The van der Waals surface area contributed by atoms with E-state index in [-0.39, 0.29) is 0 Å². The molecule has 0 amide bonds. The van der Waals surface area contributed by atoms with Gasteiger partial charge >= 0.3 is 0 Å². The van der Waals surface area contributed by atoms with Crippen molar-refractivity contribution in [3.63, 3.8) is 0 Å². The van der Waals surface area contributed by atoms with Crippen molar-refractivity contribution < 1.29 is 0 Å². The molecule has 0 saturated carbocycles. The Kier molecular flexibility index (Phi) is 4.51. The number of alkyl halides is 1. The van der Waals surface area contributed by atoms with E-state index in [1.165, 1.54) is 23.9 Å². The van der Waals surface area contributed by atoms with Crippen LogP contribution in [-0.2, 0) is 5.88 Å². The molecule has 1 aromatic heterocycles. The van der Waals surface area contributed by atoms with Crippen LogP contribution in [0.1, 0.15) is 51.0 Å². The molecule has 104 valence electrons. The van der Waals surface area contributed by atoms with Crippen LogP contribution in [0.25, 0.3) is 11.0 Å². The topological polar surface area (TPSA) is 17.8 Å². The molecule has 0 saturated heterocycles. The second-order valence-corrected chi connectivity index (χ2v) is 5.61. The normalized spacial score (nSPS) is 13.4. The summed E-state index contributed by atoms with van der Waals surface area (Å²) in [5, 5.41) is 0. The number of aryl methyl sites for hydroxylation is 1. The predicted molar refractivity (Wildman–Crippen MR) is 82.8 cm³/mol. The fourth-order valence-electron chi connectivity index (χ4n) is 2.98. The first kappa shape index (κ1) is 14.4. The first-order chi connectivity index (χ1) is 9.12. The van der Waals surface area contributed by atoms with Crippen LogP contribution in [0.5, 0.6) is 0 Å². The van der Waals surface area contributed by atoms with Gasteiger partial charge in [0, 0.05) is 6.04 Å². The average molecular weight is 279 g/mol. The zero-order valence-corrected chi connectivity index (χ0v) is 13.0. The van der Waals surface area contributed by atoms with Gasteiger partial charge in [0.1, 0.15) is 5.82 Å². The van der Waals surface area contributed by atoms with E-state index in [4.69, 9.17) is 11.6 Å². The van der Waals surface area contributed by atoms with Gasteiger partial charge in [0.05, 0.1) is 16.9 Å². The Hall–Kier alpha value is -1.02. The summed E-state index contributed by atoms with van der Waals surface area (Å²) in [5.74, 6) is 2.12. The second kappa shape index (κ2) is 5.96. The van der Waals surface area contributed by atoms with Gasteiger partial charge in [-0.3, -0.25) is 0 Å². The van der Waals surface area contributed by atoms with E-state index in [1.54, 1.807) is 0 Å². The minimum absolute atomic E-state index is 0.440. The fraction of sp³-hybridized carbons (Fsp3) is 0.562. The lowest BCUT2D eigenvalue weighted by Gasteiger charge is -2.25. The van der Waals surface area contributed by atoms with Crippen LogP contribution in [0.4, 0.5) is 0 Å². The molecule has 2 aromatic rings. The number of nitrogens with zero attached hydrogens (tertiary/aromatic N) is 2. The van der Waals surface area contributed by atoms with Crippen molar-refractivity contribution in [2.24, 2.45) is 5.92 Å². The number of fused-ring (bicyclic) bond motifs is 1. The highest BCUT2D eigenvalue weighted by Crippen LogP contribution is 2.30. The Morgan fingerprint density at radius 1 is 1.26 bits per heavy atom. The molecule has 19 heavy (non-hydrogen) atoms. The third-order valence-electron chi connectivity index (χ3n) is 4.18. The lowest BCUT2D eigenvalue weighted by Crippen LogP contribution is -2.17. The Balaban J connectivity index is 2.59. The molecule has 2 rings (SSSR count). The maximum Gasteiger partial charge on any atom is 0.125 e. The Labute approximate surface area is 120 Å². The van der Waals surface area contributed by atoms with Gasteiger partial charge in [0.15, 0.2) is 0 Å². The number of hydrogen-bond donors (Lipinski definition) is 0. The molecule has 1 heterocycles. The fourth-order valence-corrected chi connectivity index (χ4v) is 3.17. The van der Waals surface area contributed by atoms with Crippen molar-refractivity contribution in [3.8, 4) is 0 Å². The smallest absolute Gasteiger partial charge is 0.125 e. The number of halogens is 1. The van der Waals surface area contributed by atoms with Crippen molar-refractivity contribution in [1.82, 2.24) is 9.55 Å². The second-order valence-electron chi connectivity index (χ2n) is 5.34. The SMILES string of the molecule is CCC(CC)C(C)n1c(CCl)nc2ccc(C)cc21. The average Bonchev–Trinajstić information content (AvgIpc) is 2.77. The number of benzene rings is 1. The summed E-state index contributed by atoms with van der Waals surface area (Å²) in [6, 6.07) is 6.86. The summed E-state index contributed by atoms with van der Waals surface area (Å²) in [7, 11) is 0. The number of aromatic nitrogens is 2. The Morgan fingerprint density at radius 3 is 2.53 bits per heavy atom. The number of hydrogen-bond acceptors (Lipinski definition) is 1. The van der Waals surface area contributed by atoms with Crippen LogP contribution in [0, 0.1) is 12.8 Å². The van der Waals surface area contributed by atoms with Crippen molar-refractivity contribution in [2.45, 2.75) is 52.5 Å². The lowest BCUT2D eigenvalue weighted by atomic mass is 9.95. The summed E-state index contributed by atoms with van der Waals surface area (Å²) in [5.41, 5.74) is 3.54. The Bertz CT molecular complexity index is 555. The molecule has 0 aliphatic carbocycles. The first-order valence-electron chi connectivity index (χ1n) is 7.15. The third-order valence-corrected chi connectivity index (χ3v) is 4.41. The van der Waals surface area contributed by atoms with Gasteiger partial charge < -0.3 is 4.57 Å². The first-order valence-corrected chi connectivity index (χ1v) is 7.69. The molecule has 0 aliphatic rings. The highest BCUT2D eigenvalue weighted by Gasteiger charge is 2.20. The van der Waals surface area contributed by atoms with E-state index in [9.17, 15) is 0 Å². The van der Waals surface area contributed by atoms with Crippen molar-refractivity contribution in [3.05, 3.63) is 29.6 Å². The largest absolute Gasteiger partial charge is 0.324 e. The Morgan fingerprint density at radius 2 is 1.95 bits per heavy atom. The van der Waals surface area contributed by atoms with Crippen LogP contribution in [-0.4, -0.2) is 9.55 Å². The molecular formula is C16H23ClN2. The van der Waals surface area contributed by atoms with E-state index in [0.717, 1.165) is 11.3 Å². The van der Waals surface area contributed by atoms with Crippen molar-refractivity contribution >= 4 is 22.6 Å². The molecule has 1 atom stereocenters. The lowest BCUT2D eigenvalue weighted by molar-refractivity contribution is 0.334. The molecule has 0 bridgehead atoms. The molecule has 0 spiro atoms. The van der Waals surface area contributed by atoms with Crippen LogP contribution >= 0.6 is 11.6 Å². The molecule has 1 unspecified atom stereocenters. The minimum Gasteiger partial charge on any atom is -0.324 e. The van der Waals surface area contributed by atoms with Gasteiger partial charge in [-0.05, 0) is 37.5 Å². The molecule has 3 heteroatoms. The molecule has 1 aromatic carbocycles. The maximum atomic E-state index is 6.10. The van der Waals surface area contributed by atoms with E-state index in [0.29, 0.717) is 17.8 Å². The molecule has 0 N–H and O–H groups in total. The molecule has 0 radical (unpaired) electrons. The minimum atomic E-state index is 0.440. The predicted octanol–water partition coefficient (Wildman–Crippen LogP) is 5.08. The molecule has 2 nitrogen and oxygen atoms in total. The van der Waals surface area contributed by atoms with Gasteiger partial charge in [-0.2, -0.15) is 0 Å². The van der Waals surface area contributed by atoms with Crippen molar-refractivity contribution in [2.75, 3.05) is 0 Å². The zero-order chi connectivity index (χ0) is 14.0. The van der Waals surface area contributed by atoms with Crippen molar-refractivity contribution in [1.29, 1.82) is 0 Å². The number of rotatable bonds is 5. The van der Waals surface area contributed by atoms with Gasteiger partial charge in [0.2, 0.25) is 0 Å². The van der Waals surface area contributed by atoms with E-state index in [2.05, 4.69) is 55.4 Å². The zero-order valence-electron chi connectivity index (χ0n) is 12.3. The molecular weight excluding hydrogens is 256 g/mol. The van der Waals surface area contributed by atoms with Gasteiger partial charge in [-0.1, -0.05) is 32.8 Å². The van der Waals surface area contributed by atoms with E-state index < -0.39 is 0 Å². The highest BCUT2D eigenvalue weighted by molar-refractivity contribution is 6.16. The van der Waals surface area contributed by atoms with Gasteiger partial charge in [0.25, 0.3) is 0 Å². The summed E-state index contributed by atoms with van der Waals surface area (Å²) in [6.45, 7) is 8.93. The summed E-state index contributed by atoms with van der Waals surface area (Å²) in [4.78, 5) is 4.68. The number of imidazole rings is 1. The highest BCUT2D eigenvalue weighted by atomic mass is 35.5. The van der Waals surface area contributed by atoms with Crippen LogP contribution < -0.4 is 0 Å². The monoisotopic (exact) mass is 278 g/mol.